The van der Waals surface area contributed by atoms with Gasteiger partial charge in [0.05, 0.1) is 0 Å². The third-order valence-corrected chi connectivity index (χ3v) is 8.12. The molecular formula is C25H20O3SSe. The van der Waals surface area contributed by atoms with Crippen molar-refractivity contribution in [2.24, 2.45) is 0 Å². The van der Waals surface area contributed by atoms with Crippen LogP contribution in [0.5, 0.6) is 11.5 Å². The first-order valence-corrected chi connectivity index (χ1v) is 12.8. The van der Waals surface area contributed by atoms with E-state index in [0.29, 0.717) is 15.0 Å². The third kappa shape index (κ3) is 4.29. The summed E-state index contributed by atoms with van der Waals surface area (Å²) in [6.45, 7) is 0.278. The van der Waals surface area contributed by atoms with E-state index in [4.69, 9.17) is 13.9 Å². The van der Waals surface area contributed by atoms with Crippen LogP contribution in [-0.2, 0) is 11.1 Å². The summed E-state index contributed by atoms with van der Waals surface area (Å²) in [7, 11) is 0. The molecule has 0 aliphatic carbocycles. The average Bonchev–Trinajstić information content (AvgIpc) is 3.44. The van der Waals surface area contributed by atoms with Crippen LogP contribution in [0.4, 0.5) is 0 Å². The molecule has 4 aromatic rings. The second-order valence-corrected chi connectivity index (χ2v) is 10.1. The monoisotopic (exact) mass is 480 g/mol. The first-order chi connectivity index (χ1) is 14.9. The van der Waals surface area contributed by atoms with E-state index in [0.717, 1.165) is 33.9 Å². The Balaban J connectivity index is 1.44. The Kier molecular flexibility index (Phi) is 5.84. The first-order valence-electron chi connectivity index (χ1n) is 9.72. The summed E-state index contributed by atoms with van der Waals surface area (Å²) >= 11 is 2.18. The van der Waals surface area contributed by atoms with Crippen LogP contribution in [0.15, 0.2) is 94.4 Å². The zero-order valence-corrected chi connectivity index (χ0v) is 18.8. The van der Waals surface area contributed by atoms with E-state index < -0.39 is 0 Å². The second kappa shape index (κ2) is 9.05. The molecule has 2 heterocycles. The van der Waals surface area contributed by atoms with Gasteiger partial charge in [-0.1, -0.05) is 0 Å². The van der Waals surface area contributed by atoms with Crippen LogP contribution in [-0.4, -0.2) is 21.7 Å². The van der Waals surface area contributed by atoms with E-state index in [2.05, 4.69) is 60.7 Å². The molecule has 0 saturated carbocycles. The summed E-state index contributed by atoms with van der Waals surface area (Å²) in [6.07, 6.45) is 1.92. The number of rotatable bonds is 7. The fourth-order valence-electron chi connectivity index (χ4n) is 3.33. The van der Waals surface area contributed by atoms with Crippen LogP contribution < -0.4 is 13.9 Å². The molecule has 5 rings (SSSR count). The van der Waals surface area contributed by atoms with E-state index in [1.165, 1.54) is 20.5 Å². The standard InChI is InChI=1S/C25H20O3SSe/c1-3-7-20(8-4-1)29-15-19-14-26-25(18-11-12-23-24(13-18)28-17-27-23)22(19)16-30-21-9-5-2-6-10-21/h1-14H,15-17H2. The molecule has 5 heteroatoms. The van der Waals surface area contributed by atoms with Crippen molar-refractivity contribution >= 4 is 31.2 Å². The van der Waals surface area contributed by atoms with Crippen molar-refractivity contribution in [1.29, 1.82) is 0 Å². The maximum atomic E-state index is 6.12. The topological polar surface area (TPSA) is 31.6 Å². The van der Waals surface area contributed by atoms with E-state index in [1.54, 1.807) is 0 Å². The van der Waals surface area contributed by atoms with Gasteiger partial charge in [0.25, 0.3) is 0 Å². The molecule has 0 atom stereocenters. The summed E-state index contributed by atoms with van der Waals surface area (Å²) in [5.41, 5.74) is 3.59. The van der Waals surface area contributed by atoms with Crippen molar-refractivity contribution in [2.45, 2.75) is 16.0 Å². The van der Waals surface area contributed by atoms with Gasteiger partial charge in [-0.3, -0.25) is 0 Å². The number of fused-ring (bicyclic) bond motifs is 1. The van der Waals surface area contributed by atoms with Crippen LogP contribution in [0, 0.1) is 0 Å². The van der Waals surface area contributed by atoms with Crippen molar-refractivity contribution in [3.05, 3.63) is 96.3 Å². The summed E-state index contributed by atoms with van der Waals surface area (Å²) in [5.74, 6) is 3.40. The molecule has 1 aliphatic rings. The number of hydrogen-bond acceptors (Lipinski definition) is 4. The minimum atomic E-state index is 0.278. The van der Waals surface area contributed by atoms with Crippen molar-refractivity contribution in [2.75, 3.05) is 6.79 Å². The number of furan rings is 1. The molecule has 30 heavy (non-hydrogen) atoms. The SMILES string of the molecule is c1ccc(SCc2coc(-c3ccc4c(c3)OCO4)c2C[Se]c2ccccc2)cc1. The maximum absolute atomic E-state index is 6.12. The van der Waals surface area contributed by atoms with Crippen molar-refractivity contribution in [1.82, 2.24) is 0 Å². The van der Waals surface area contributed by atoms with Gasteiger partial charge in [0.15, 0.2) is 0 Å². The molecule has 3 aromatic carbocycles. The van der Waals surface area contributed by atoms with Gasteiger partial charge in [-0.2, -0.15) is 0 Å². The molecule has 0 amide bonds. The minimum absolute atomic E-state index is 0.278. The fourth-order valence-corrected chi connectivity index (χ4v) is 6.29. The van der Waals surface area contributed by atoms with E-state index in [9.17, 15) is 0 Å². The van der Waals surface area contributed by atoms with Gasteiger partial charge >= 0.3 is 187 Å². The summed E-state index contributed by atoms with van der Waals surface area (Å²) < 4.78 is 18.6. The molecule has 1 aliphatic heterocycles. The van der Waals surface area contributed by atoms with E-state index in [1.807, 2.05) is 36.2 Å². The van der Waals surface area contributed by atoms with Gasteiger partial charge in [-0.25, -0.2) is 0 Å². The zero-order chi connectivity index (χ0) is 20.2. The molecule has 1 aromatic heterocycles. The van der Waals surface area contributed by atoms with Crippen LogP contribution in [0.2, 0.25) is 0 Å². The molecule has 0 bridgehead atoms. The quantitative estimate of drug-likeness (QED) is 0.259. The average molecular weight is 479 g/mol. The second-order valence-electron chi connectivity index (χ2n) is 6.84. The van der Waals surface area contributed by atoms with Crippen LogP contribution in [0.25, 0.3) is 11.3 Å². The Labute approximate surface area is 186 Å². The number of benzene rings is 3. The molecule has 0 N–H and O–H groups in total. The Hall–Kier alpha value is -2.59. The molecule has 0 radical (unpaired) electrons. The predicted molar refractivity (Wildman–Crippen MR) is 122 cm³/mol. The fraction of sp³-hybridized carbons (Fsp3) is 0.120. The molecule has 150 valence electrons. The zero-order valence-electron chi connectivity index (χ0n) is 16.2. The van der Waals surface area contributed by atoms with Gasteiger partial charge in [0, 0.05) is 0 Å². The summed E-state index contributed by atoms with van der Waals surface area (Å²) in [4.78, 5) is 1.27. The first kappa shape index (κ1) is 19.4. The Bertz CT molecular complexity index is 1130. The summed E-state index contributed by atoms with van der Waals surface area (Å²) in [5, 5.41) is 0.988. The van der Waals surface area contributed by atoms with E-state index in [-0.39, 0.29) is 6.79 Å². The van der Waals surface area contributed by atoms with Crippen LogP contribution in [0.1, 0.15) is 11.1 Å². The number of ether oxygens (including phenoxy) is 2. The van der Waals surface area contributed by atoms with Crippen LogP contribution in [0.3, 0.4) is 0 Å². The molecular weight excluding hydrogens is 459 g/mol. The van der Waals surface area contributed by atoms with Gasteiger partial charge < -0.3 is 0 Å². The number of hydrogen-bond donors (Lipinski definition) is 0. The van der Waals surface area contributed by atoms with Crippen LogP contribution >= 0.6 is 11.8 Å². The molecule has 0 unspecified atom stereocenters. The van der Waals surface area contributed by atoms with Gasteiger partial charge in [0.2, 0.25) is 0 Å². The molecule has 0 fully saturated rings. The normalized spacial score (nSPS) is 12.3. The molecule has 0 spiro atoms. The Morgan fingerprint density at radius 2 is 1.60 bits per heavy atom. The Morgan fingerprint density at radius 1 is 0.833 bits per heavy atom. The van der Waals surface area contributed by atoms with E-state index >= 15 is 0 Å². The van der Waals surface area contributed by atoms with Crippen molar-refractivity contribution in [3.8, 4) is 22.8 Å². The van der Waals surface area contributed by atoms with Crippen molar-refractivity contribution in [3.63, 3.8) is 0 Å². The van der Waals surface area contributed by atoms with Crippen molar-refractivity contribution < 1.29 is 13.9 Å². The van der Waals surface area contributed by atoms with Gasteiger partial charge in [-0.15, -0.1) is 0 Å². The predicted octanol–water partition coefficient (Wildman–Crippen LogP) is 5.50. The number of thioether (sulfide) groups is 1. The third-order valence-electron chi connectivity index (χ3n) is 4.88. The Morgan fingerprint density at radius 3 is 2.43 bits per heavy atom. The molecule has 0 saturated heterocycles. The van der Waals surface area contributed by atoms with Gasteiger partial charge in [-0.05, 0) is 0 Å². The summed E-state index contributed by atoms with van der Waals surface area (Å²) in [6, 6.07) is 27.2. The van der Waals surface area contributed by atoms with Gasteiger partial charge in [0.1, 0.15) is 0 Å². The molecule has 3 nitrogen and oxygen atoms in total.